The predicted molar refractivity (Wildman–Crippen MR) is 71.7 cm³/mol. The lowest BCUT2D eigenvalue weighted by atomic mass is 10.0. The number of rotatable bonds is 6. The summed E-state index contributed by atoms with van der Waals surface area (Å²) in [6.45, 7) is 4.61. The summed E-state index contributed by atoms with van der Waals surface area (Å²) < 4.78 is 0. The van der Waals surface area contributed by atoms with Gasteiger partial charge in [0.05, 0.1) is 10.5 Å². The molecule has 0 spiro atoms. The highest BCUT2D eigenvalue weighted by Gasteiger charge is 2.17. The molecule has 0 aliphatic carbocycles. The van der Waals surface area contributed by atoms with Gasteiger partial charge in [-0.1, -0.05) is 26.7 Å². The van der Waals surface area contributed by atoms with Gasteiger partial charge in [0.15, 0.2) is 0 Å². The van der Waals surface area contributed by atoms with Crippen LogP contribution in [0.5, 0.6) is 0 Å². The zero-order chi connectivity index (χ0) is 14.4. The molecule has 1 aromatic heterocycles. The van der Waals surface area contributed by atoms with Crippen molar-refractivity contribution in [3.05, 3.63) is 27.9 Å². The van der Waals surface area contributed by atoms with E-state index in [-0.39, 0.29) is 17.1 Å². The van der Waals surface area contributed by atoms with Crippen molar-refractivity contribution in [3.8, 4) is 0 Å². The van der Waals surface area contributed by atoms with E-state index in [0.717, 1.165) is 25.1 Å². The van der Waals surface area contributed by atoms with Crippen molar-refractivity contribution < 1.29 is 9.72 Å². The van der Waals surface area contributed by atoms with E-state index in [2.05, 4.69) is 10.3 Å². The second kappa shape index (κ2) is 6.67. The molecule has 0 aliphatic heterocycles. The molecule has 0 bridgehead atoms. The monoisotopic (exact) mass is 266 g/mol. The molecule has 0 saturated carbocycles. The van der Waals surface area contributed by atoms with Crippen molar-refractivity contribution in [2.75, 3.05) is 12.3 Å². The first-order valence-corrected chi connectivity index (χ1v) is 6.17. The fraction of sp³-hybridized carbons (Fsp3) is 0.500. The number of pyridine rings is 1. The molecule has 7 nitrogen and oxygen atoms in total. The number of amides is 1. The van der Waals surface area contributed by atoms with Crippen LogP contribution in [0.3, 0.4) is 0 Å². The topological polar surface area (TPSA) is 111 Å². The minimum atomic E-state index is -0.607. The Kier molecular flexibility index (Phi) is 5.23. The molecule has 1 rings (SSSR count). The third kappa shape index (κ3) is 3.90. The Balaban J connectivity index is 2.81. The summed E-state index contributed by atoms with van der Waals surface area (Å²) in [6, 6.07) is 1.14. The van der Waals surface area contributed by atoms with E-state index in [0.29, 0.717) is 12.5 Å². The molecule has 0 saturated heterocycles. The number of nitro groups is 1. The summed E-state index contributed by atoms with van der Waals surface area (Å²) in [5, 5.41) is 13.4. The summed E-state index contributed by atoms with van der Waals surface area (Å²) in [5.41, 5.74) is 5.36. The molecule has 0 aliphatic rings. The summed E-state index contributed by atoms with van der Waals surface area (Å²) in [4.78, 5) is 25.6. The molecule has 104 valence electrons. The quantitative estimate of drug-likeness (QED) is 0.601. The fourth-order valence-corrected chi connectivity index (χ4v) is 1.66. The highest BCUT2D eigenvalue weighted by molar-refractivity contribution is 5.98. The minimum absolute atomic E-state index is 0.00681. The summed E-state index contributed by atoms with van der Waals surface area (Å²) in [6.07, 6.45) is 2.95. The van der Waals surface area contributed by atoms with Crippen molar-refractivity contribution in [2.24, 2.45) is 5.92 Å². The molecular formula is C12H18N4O3. The van der Waals surface area contributed by atoms with E-state index in [1.54, 1.807) is 0 Å². The van der Waals surface area contributed by atoms with Gasteiger partial charge in [0, 0.05) is 12.6 Å². The molecular weight excluding hydrogens is 248 g/mol. The number of nitrogens with one attached hydrogen (secondary N) is 1. The predicted octanol–water partition coefficient (Wildman–Crippen LogP) is 1.74. The van der Waals surface area contributed by atoms with Crippen LogP contribution >= 0.6 is 0 Å². The van der Waals surface area contributed by atoms with Crippen molar-refractivity contribution in [3.63, 3.8) is 0 Å². The molecule has 7 heteroatoms. The zero-order valence-corrected chi connectivity index (χ0v) is 11.0. The molecule has 0 atom stereocenters. The average Bonchev–Trinajstić information content (AvgIpc) is 2.39. The van der Waals surface area contributed by atoms with Gasteiger partial charge in [-0.3, -0.25) is 14.9 Å². The number of nitrogens with zero attached hydrogens (tertiary/aromatic N) is 2. The number of aromatic nitrogens is 1. The van der Waals surface area contributed by atoms with Gasteiger partial charge in [0.1, 0.15) is 12.0 Å². The molecule has 1 heterocycles. The third-order valence-electron chi connectivity index (χ3n) is 3.07. The van der Waals surface area contributed by atoms with Gasteiger partial charge in [-0.05, 0) is 5.92 Å². The lowest BCUT2D eigenvalue weighted by Crippen LogP contribution is -2.29. The molecule has 0 fully saturated rings. The van der Waals surface area contributed by atoms with Gasteiger partial charge in [-0.25, -0.2) is 4.98 Å². The first-order valence-electron chi connectivity index (χ1n) is 6.17. The molecule has 1 aromatic rings. The number of carbonyl (C=O) groups excluding carboxylic acids is 1. The van der Waals surface area contributed by atoms with Gasteiger partial charge < -0.3 is 11.1 Å². The molecule has 19 heavy (non-hydrogen) atoms. The van der Waals surface area contributed by atoms with Crippen LogP contribution in [0.4, 0.5) is 11.5 Å². The highest BCUT2D eigenvalue weighted by atomic mass is 16.6. The van der Waals surface area contributed by atoms with Crippen molar-refractivity contribution in [1.29, 1.82) is 0 Å². The van der Waals surface area contributed by atoms with Gasteiger partial charge in [0.2, 0.25) is 0 Å². The molecule has 0 aromatic carbocycles. The van der Waals surface area contributed by atoms with Crippen LogP contribution in [0.25, 0.3) is 0 Å². The van der Waals surface area contributed by atoms with Gasteiger partial charge in [-0.2, -0.15) is 0 Å². The Morgan fingerprint density at radius 2 is 2.16 bits per heavy atom. The van der Waals surface area contributed by atoms with Crippen LogP contribution in [0.1, 0.15) is 37.0 Å². The fourth-order valence-electron chi connectivity index (χ4n) is 1.66. The Morgan fingerprint density at radius 3 is 2.68 bits per heavy atom. The Labute approximate surface area is 111 Å². The largest absolute Gasteiger partial charge is 0.383 e. The van der Waals surface area contributed by atoms with Crippen LogP contribution in [-0.2, 0) is 0 Å². The Bertz CT molecular complexity index is 472. The maximum Gasteiger partial charge on any atom is 0.288 e. The molecule has 1 amide bonds. The highest BCUT2D eigenvalue weighted by Crippen LogP contribution is 2.16. The molecule has 0 radical (unpaired) electrons. The van der Waals surface area contributed by atoms with E-state index in [1.807, 2.05) is 13.8 Å². The van der Waals surface area contributed by atoms with Crippen LogP contribution < -0.4 is 11.1 Å². The van der Waals surface area contributed by atoms with E-state index < -0.39 is 10.8 Å². The SMILES string of the molecule is CCC(CC)CNC(=O)c1cc([N+](=O)[O-])cnc1N. The maximum atomic E-state index is 11.9. The van der Waals surface area contributed by atoms with E-state index in [1.165, 1.54) is 0 Å². The van der Waals surface area contributed by atoms with Crippen LogP contribution in [-0.4, -0.2) is 22.4 Å². The Morgan fingerprint density at radius 1 is 1.53 bits per heavy atom. The minimum Gasteiger partial charge on any atom is -0.383 e. The van der Waals surface area contributed by atoms with Gasteiger partial charge in [-0.15, -0.1) is 0 Å². The second-order valence-electron chi connectivity index (χ2n) is 4.28. The lowest BCUT2D eigenvalue weighted by Gasteiger charge is -2.13. The van der Waals surface area contributed by atoms with Crippen LogP contribution in [0.15, 0.2) is 12.3 Å². The maximum absolute atomic E-state index is 11.9. The normalized spacial score (nSPS) is 10.5. The third-order valence-corrected chi connectivity index (χ3v) is 3.07. The number of hydrogen-bond donors (Lipinski definition) is 2. The van der Waals surface area contributed by atoms with E-state index in [4.69, 9.17) is 5.73 Å². The lowest BCUT2D eigenvalue weighted by molar-refractivity contribution is -0.385. The molecule has 0 unspecified atom stereocenters. The van der Waals surface area contributed by atoms with Crippen molar-refractivity contribution in [1.82, 2.24) is 10.3 Å². The smallest absolute Gasteiger partial charge is 0.288 e. The van der Waals surface area contributed by atoms with Crippen molar-refractivity contribution >= 4 is 17.4 Å². The first-order chi connectivity index (χ1) is 8.99. The second-order valence-corrected chi connectivity index (χ2v) is 4.28. The van der Waals surface area contributed by atoms with Crippen LogP contribution in [0.2, 0.25) is 0 Å². The number of hydrogen-bond acceptors (Lipinski definition) is 5. The zero-order valence-electron chi connectivity index (χ0n) is 11.0. The number of carbonyl (C=O) groups is 1. The molecule has 3 N–H and O–H groups in total. The van der Waals surface area contributed by atoms with Crippen molar-refractivity contribution in [2.45, 2.75) is 26.7 Å². The van der Waals surface area contributed by atoms with Gasteiger partial charge >= 0.3 is 0 Å². The van der Waals surface area contributed by atoms with E-state index in [9.17, 15) is 14.9 Å². The van der Waals surface area contributed by atoms with E-state index >= 15 is 0 Å². The van der Waals surface area contributed by atoms with Crippen LogP contribution in [0, 0.1) is 16.0 Å². The first kappa shape index (κ1) is 14.9. The number of nitrogens with two attached hydrogens (primary N) is 1. The standard InChI is InChI=1S/C12H18N4O3/c1-3-8(4-2)6-15-12(17)10-5-9(16(18)19)7-14-11(10)13/h5,7-8H,3-4,6H2,1-2H3,(H2,13,14)(H,15,17). The summed E-state index contributed by atoms with van der Waals surface area (Å²) >= 11 is 0. The summed E-state index contributed by atoms with van der Waals surface area (Å²) in [7, 11) is 0. The Hall–Kier alpha value is -2.18. The number of anilines is 1. The number of nitrogen functional groups attached to an aromatic ring is 1. The van der Waals surface area contributed by atoms with Gasteiger partial charge in [0.25, 0.3) is 11.6 Å². The average molecular weight is 266 g/mol. The summed E-state index contributed by atoms with van der Waals surface area (Å²) in [5.74, 6) is -0.0509.